The van der Waals surface area contributed by atoms with E-state index in [2.05, 4.69) is 23.9 Å². The number of methoxy groups -OCH3 is 1. The van der Waals surface area contributed by atoms with Crippen molar-refractivity contribution < 1.29 is 14.6 Å². The van der Waals surface area contributed by atoms with Crippen LogP contribution in [0.25, 0.3) is 0 Å². The van der Waals surface area contributed by atoms with Crippen LogP contribution in [0.4, 0.5) is 0 Å². The molecule has 1 aliphatic heterocycles. The van der Waals surface area contributed by atoms with Crippen molar-refractivity contribution in [1.82, 2.24) is 9.80 Å². The lowest BCUT2D eigenvalue weighted by Crippen LogP contribution is -2.39. The van der Waals surface area contributed by atoms with Crippen molar-refractivity contribution in [3.63, 3.8) is 0 Å². The van der Waals surface area contributed by atoms with Crippen molar-refractivity contribution in [1.29, 1.82) is 0 Å². The number of hydrogen-bond donors (Lipinski definition) is 1. The Balaban J connectivity index is 1.78. The highest BCUT2D eigenvalue weighted by Crippen LogP contribution is 2.19. The molecular weight excluding hydrogens is 268 g/mol. The van der Waals surface area contributed by atoms with E-state index in [4.69, 9.17) is 9.47 Å². The van der Waals surface area contributed by atoms with Crippen LogP contribution < -0.4 is 9.47 Å². The number of likely N-dealkylation sites (tertiary alicyclic amines) is 1. The minimum absolute atomic E-state index is 0.212. The summed E-state index contributed by atoms with van der Waals surface area (Å²) in [6.07, 6.45) is 0.636. The first kappa shape index (κ1) is 16.1. The molecule has 1 fully saturated rings. The number of nitrogens with zero attached hydrogens (tertiary/aromatic N) is 2. The maximum Gasteiger partial charge on any atom is 0.119 e. The molecule has 2 rings (SSSR count). The Morgan fingerprint density at radius 1 is 1.24 bits per heavy atom. The Hall–Kier alpha value is -1.30. The summed E-state index contributed by atoms with van der Waals surface area (Å²) < 4.78 is 10.9. The molecule has 1 aliphatic rings. The van der Waals surface area contributed by atoms with Crippen LogP contribution in [0, 0.1) is 0 Å². The Kier molecular flexibility index (Phi) is 5.85. The highest BCUT2D eigenvalue weighted by atomic mass is 16.5. The van der Waals surface area contributed by atoms with Crippen molar-refractivity contribution in [2.24, 2.45) is 0 Å². The van der Waals surface area contributed by atoms with Gasteiger partial charge in [-0.1, -0.05) is 0 Å². The van der Waals surface area contributed by atoms with E-state index < -0.39 is 0 Å². The third-order valence-corrected chi connectivity index (χ3v) is 3.79. The average molecular weight is 294 g/mol. The van der Waals surface area contributed by atoms with E-state index in [0.717, 1.165) is 37.6 Å². The SMILES string of the molecule is COc1ccc(OCCN2CC(O)CC2CN(C)C)cc1. The average Bonchev–Trinajstić information content (AvgIpc) is 2.79. The summed E-state index contributed by atoms with van der Waals surface area (Å²) in [5.74, 6) is 1.68. The predicted molar refractivity (Wildman–Crippen MR) is 83.0 cm³/mol. The summed E-state index contributed by atoms with van der Waals surface area (Å²) in [7, 11) is 5.78. The first-order chi connectivity index (χ1) is 10.1. The van der Waals surface area contributed by atoms with Gasteiger partial charge in [-0.3, -0.25) is 4.90 Å². The highest BCUT2D eigenvalue weighted by Gasteiger charge is 2.30. The highest BCUT2D eigenvalue weighted by molar-refractivity contribution is 5.31. The van der Waals surface area contributed by atoms with E-state index in [1.54, 1.807) is 7.11 Å². The molecular formula is C16H26N2O3. The van der Waals surface area contributed by atoms with Gasteiger partial charge in [0, 0.05) is 25.7 Å². The second-order valence-corrected chi connectivity index (χ2v) is 5.82. The van der Waals surface area contributed by atoms with Gasteiger partial charge in [-0.2, -0.15) is 0 Å². The fraction of sp³-hybridized carbons (Fsp3) is 0.625. The van der Waals surface area contributed by atoms with Crippen LogP contribution in [0.5, 0.6) is 11.5 Å². The molecule has 5 heteroatoms. The van der Waals surface area contributed by atoms with Gasteiger partial charge in [0.1, 0.15) is 18.1 Å². The number of benzene rings is 1. The minimum atomic E-state index is -0.212. The molecule has 1 saturated heterocycles. The van der Waals surface area contributed by atoms with Crippen molar-refractivity contribution in [3.05, 3.63) is 24.3 Å². The fourth-order valence-electron chi connectivity index (χ4n) is 2.80. The molecule has 0 radical (unpaired) electrons. The predicted octanol–water partition coefficient (Wildman–Crippen LogP) is 1.07. The molecule has 21 heavy (non-hydrogen) atoms. The van der Waals surface area contributed by atoms with E-state index in [-0.39, 0.29) is 6.10 Å². The molecule has 1 aromatic carbocycles. The first-order valence-corrected chi connectivity index (χ1v) is 7.42. The zero-order valence-electron chi connectivity index (χ0n) is 13.2. The second kappa shape index (κ2) is 7.64. The molecule has 1 aromatic rings. The Bertz CT molecular complexity index is 422. The molecule has 0 aliphatic carbocycles. The van der Waals surface area contributed by atoms with Crippen LogP contribution in [0.15, 0.2) is 24.3 Å². The largest absolute Gasteiger partial charge is 0.497 e. The van der Waals surface area contributed by atoms with Crippen LogP contribution in [0.1, 0.15) is 6.42 Å². The van der Waals surface area contributed by atoms with Gasteiger partial charge in [0.15, 0.2) is 0 Å². The van der Waals surface area contributed by atoms with E-state index in [1.165, 1.54) is 0 Å². The van der Waals surface area contributed by atoms with Crippen LogP contribution >= 0.6 is 0 Å². The van der Waals surface area contributed by atoms with Crippen LogP contribution in [-0.2, 0) is 0 Å². The number of β-amino-alcohol motifs (C(OH)–C–C–N with tert-alkyl or cyclic N) is 1. The van der Waals surface area contributed by atoms with Crippen molar-refractivity contribution in [3.8, 4) is 11.5 Å². The van der Waals surface area contributed by atoms with E-state index in [9.17, 15) is 5.11 Å². The maximum atomic E-state index is 9.84. The van der Waals surface area contributed by atoms with Crippen LogP contribution in [0.3, 0.4) is 0 Å². The van der Waals surface area contributed by atoms with Gasteiger partial charge in [0.2, 0.25) is 0 Å². The molecule has 2 atom stereocenters. The molecule has 1 heterocycles. The maximum absolute atomic E-state index is 9.84. The lowest BCUT2D eigenvalue weighted by atomic mass is 10.2. The minimum Gasteiger partial charge on any atom is -0.497 e. The molecule has 2 unspecified atom stereocenters. The second-order valence-electron chi connectivity index (χ2n) is 5.82. The third-order valence-electron chi connectivity index (χ3n) is 3.79. The number of aliphatic hydroxyl groups excluding tert-OH is 1. The van der Waals surface area contributed by atoms with Gasteiger partial charge in [-0.25, -0.2) is 0 Å². The Labute approximate surface area is 127 Å². The van der Waals surface area contributed by atoms with Gasteiger partial charge < -0.3 is 19.5 Å². The molecule has 0 spiro atoms. The monoisotopic (exact) mass is 294 g/mol. The van der Waals surface area contributed by atoms with Crippen LogP contribution in [-0.4, -0.2) is 74.5 Å². The zero-order chi connectivity index (χ0) is 15.2. The molecule has 118 valence electrons. The lowest BCUT2D eigenvalue weighted by Gasteiger charge is -2.26. The van der Waals surface area contributed by atoms with Gasteiger partial charge in [0.05, 0.1) is 13.2 Å². The van der Waals surface area contributed by atoms with Gasteiger partial charge in [0.25, 0.3) is 0 Å². The van der Waals surface area contributed by atoms with E-state index in [0.29, 0.717) is 12.6 Å². The lowest BCUT2D eigenvalue weighted by molar-refractivity contribution is 0.155. The molecule has 5 nitrogen and oxygen atoms in total. The van der Waals surface area contributed by atoms with Crippen LogP contribution in [0.2, 0.25) is 0 Å². The number of hydrogen-bond acceptors (Lipinski definition) is 5. The fourth-order valence-corrected chi connectivity index (χ4v) is 2.80. The van der Waals surface area contributed by atoms with Gasteiger partial charge in [-0.15, -0.1) is 0 Å². The summed E-state index contributed by atoms with van der Waals surface area (Å²) >= 11 is 0. The quantitative estimate of drug-likeness (QED) is 0.815. The van der Waals surface area contributed by atoms with E-state index >= 15 is 0 Å². The molecule has 0 aromatic heterocycles. The van der Waals surface area contributed by atoms with Crippen molar-refractivity contribution >= 4 is 0 Å². The van der Waals surface area contributed by atoms with Crippen molar-refractivity contribution in [2.75, 3.05) is 47.4 Å². The molecule has 0 amide bonds. The van der Waals surface area contributed by atoms with Gasteiger partial charge in [-0.05, 0) is 44.8 Å². The van der Waals surface area contributed by atoms with Crippen molar-refractivity contribution in [2.45, 2.75) is 18.6 Å². The summed E-state index contributed by atoms with van der Waals surface area (Å²) in [5.41, 5.74) is 0. The topological polar surface area (TPSA) is 45.2 Å². The Morgan fingerprint density at radius 2 is 1.90 bits per heavy atom. The number of likely N-dealkylation sites (N-methyl/N-ethyl adjacent to an activating group) is 1. The summed E-state index contributed by atoms with van der Waals surface area (Å²) in [6, 6.07) is 8.02. The smallest absolute Gasteiger partial charge is 0.119 e. The number of rotatable bonds is 7. The zero-order valence-corrected chi connectivity index (χ0v) is 13.2. The first-order valence-electron chi connectivity index (χ1n) is 7.42. The molecule has 0 bridgehead atoms. The summed E-state index contributed by atoms with van der Waals surface area (Å²) in [6.45, 7) is 3.18. The Morgan fingerprint density at radius 3 is 2.52 bits per heavy atom. The molecule has 0 saturated carbocycles. The summed E-state index contributed by atoms with van der Waals surface area (Å²) in [4.78, 5) is 4.48. The third kappa shape index (κ3) is 4.88. The van der Waals surface area contributed by atoms with E-state index in [1.807, 2.05) is 24.3 Å². The number of ether oxygens (including phenoxy) is 2. The standard InChI is InChI=1S/C16H26N2O3/c1-17(2)11-13-10-14(19)12-18(13)8-9-21-16-6-4-15(20-3)5-7-16/h4-7,13-14,19H,8-12H2,1-3H3. The number of aliphatic hydroxyl groups is 1. The van der Waals surface area contributed by atoms with Gasteiger partial charge >= 0.3 is 0 Å². The molecule has 1 N–H and O–H groups in total. The summed E-state index contributed by atoms with van der Waals surface area (Å²) in [5, 5.41) is 9.84. The normalized spacial score (nSPS) is 22.7.